The van der Waals surface area contributed by atoms with Crippen LogP contribution in [-0.4, -0.2) is 59.8 Å². The summed E-state index contributed by atoms with van der Waals surface area (Å²) in [4.78, 5) is 5.06. The summed E-state index contributed by atoms with van der Waals surface area (Å²) in [5.74, 6) is 0. The number of nitrogens with zero attached hydrogens (tertiary/aromatic N) is 2. The Bertz CT molecular complexity index is 928. The van der Waals surface area contributed by atoms with Gasteiger partial charge in [-0.15, -0.1) is 0 Å². The molecule has 0 bridgehead atoms. The van der Waals surface area contributed by atoms with Gasteiger partial charge in [-0.25, -0.2) is 0 Å². The van der Waals surface area contributed by atoms with E-state index in [2.05, 4.69) is 72.2 Å². The molecule has 0 unspecified atom stereocenters. The fraction of sp³-hybridized carbons (Fsp3) is 0.471. The molecule has 4 heteroatoms. The van der Waals surface area contributed by atoms with Gasteiger partial charge in [0.2, 0.25) is 0 Å². The van der Waals surface area contributed by atoms with Gasteiger partial charge in [-0.2, -0.15) is 0 Å². The van der Waals surface area contributed by atoms with Gasteiger partial charge in [-0.3, -0.25) is 9.80 Å². The maximum Gasteiger partial charge on any atom is 0.108 e. The molecule has 3 aromatic carbocycles. The Labute approximate surface area is 232 Å². The molecule has 0 radical (unpaired) electrons. The SMILES string of the molecule is CC.CC.C[C@@H]1CN(CCOC(c2ccccc2)c2ccccc2)[C@@H](C)CN1CC[C@@H](O)c1ccccc1. The van der Waals surface area contributed by atoms with E-state index in [4.69, 9.17) is 4.74 Å². The molecular weight excluding hydrogens is 468 g/mol. The maximum absolute atomic E-state index is 10.6. The molecule has 1 aliphatic rings. The van der Waals surface area contributed by atoms with Crippen LogP contribution in [0.15, 0.2) is 91.0 Å². The second kappa shape index (κ2) is 17.9. The lowest BCUT2D eigenvalue weighted by Crippen LogP contribution is -2.57. The number of hydrogen-bond donors (Lipinski definition) is 1. The molecule has 4 rings (SSSR count). The van der Waals surface area contributed by atoms with E-state index in [1.807, 2.05) is 70.2 Å². The van der Waals surface area contributed by atoms with Crippen molar-refractivity contribution in [1.29, 1.82) is 0 Å². The van der Waals surface area contributed by atoms with E-state index in [1.54, 1.807) is 0 Å². The van der Waals surface area contributed by atoms with Gasteiger partial charge in [0.25, 0.3) is 0 Å². The maximum atomic E-state index is 10.6. The first-order valence-electron chi connectivity index (χ1n) is 14.5. The number of ether oxygens (including phenoxy) is 1. The van der Waals surface area contributed by atoms with Gasteiger partial charge in [0, 0.05) is 38.3 Å². The normalized spacial score (nSPS) is 18.6. The Morgan fingerprint density at radius 3 is 1.50 bits per heavy atom. The average Bonchev–Trinajstić information content (AvgIpc) is 2.99. The summed E-state index contributed by atoms with van der Waals surface area (Å²) in [6.45, 7) is 17.2. The molecule has 0 aromatic heterocycles. The van der Waals surface area contributed by atoms with Crippen molar-refractivity contribution in [1.82, 2.24) is 9.80 Å². The van der Waals surface area contributed by atoms with Crippen molar-refractivity contribution in [2.24, 2.45) is 0 Å². The molecule has 3 atom stereocenters. The summed E-state index contributed by atoms with van der Waals surface area (Å²) in [5, 5.41) is 10.6. The molecule has 1 heterocycles. The summed E-state index contributed by atoms with van der Waals surface area (Å²) in [5.41, 5.74) is 3.39. The fourth-order valence-electron chi connectivity index (χ4n) is 4.95. The molecule has 38 heavy (non-hydrogen) atoms. The molecule has 0 aliphatic carbocycles. The standard InChI is InChI=1S/C30H38N2O2.2C2H6/c1-24-23-32(25(2)22-31(24)19-18-29(33)26-12-6-3-7-13-26)20-21-34-30(27-14-8-4-9-15-27)28-16-10-5-11-17-28;2*1-2/h3-17,24-25,29-30,33H,18-23H2,1-2H3;2*1-2H3/t24-,25+,29-;;/m1../s1. The van der Waals surface area contributed by atoms with Crippen LogP contribution in [0.2, 0.25) is 0 Å². The quantitative estimate of drug-likeness (QED) is 0.304. The summed E-state index contributed by atoms with van der Waals surface area (Å²) < 4.78 is 6.47. The fourth-order valence-corrected chi connectivity index (χ4v) is 4.95. The second-order valence-corrected chi connectivity index (χ2v) is 9.48. The summed E-state index contributed by atoms with van der Waals surface area (Å²) in [7, 11) is 0. The lowest BCUT2D eigenvalue weighted by molar-refractivity contribution is 0.00245. The highest BCUT2D eigenvalue weighted by Crippen LogP contribution is 2.26. The Balaban J connectivity index is 0.00000121. The van der Waals surface area contributed by atoms with E-state index in [-0.39, 0.29) is 6.10 Å². The first-order valence-corrected chi connectivity index (χ1v) is 14.5. The minimum absolute atomic E-state index is 0.0455. The van der Waals surface area contributed by atoms with Gasteiger partial charge in [-0.05, 0) is 37.0 Å². The zero-order valence-corrected chi connectivity index (χ0v) is 24.5. The number of aliphatic hydroxyl groups excluding tert-OH is 1. The molecular formula is C34H50N2O2. The van der Waals surface area contributed by atoms with Crippen LogP contribution in [0.1, 0.15) is 76.9 Å². The minimum atomic E-state index is -0.400. The molecule has 0 amide bonds. The first kappa shape index (κ1) is 31.7. The van der Waals surface area contributed by atoms with E-state index in [1.165, 1.54) is 11.1 Å². The number of hydrogen-bond acceptors (Lipinski definition) is 4. The Hall–Kier alpha value is -2.50. The van der Waals surface area contributed by atoms with Crippen LogP contribution in [0, 0.1) is 0 Å². The van der Waals surface area contributed by atoms with Gasteiger partial charge in [0.15, 0.2) is 0 Å². The van der Waals surface area contributed by atoms with Gasteiger partial charge >= 0.3 is 0 Å². The van der Waals surface area contributed by atoms with Crippen molar-refractivity contribution in [3.05, 3.63) is 108 Å². The Morgan fingerprint density at radius 2 is 1.05 bits per heavy atom. The largest absolute Gasteiger partial charge is 0.388 e. The van der Waals surface area contributed by atoms with E-state index >= 15 is 0 Å². The molecule has 1 fully saturated rings. The van der Waals surface area contributed by atoms with Crippen molar-refractivity contribution >= 4 is 0 Å². The lowest BCUT2D eigenvalue weighted by Gasteiger charge is -2.44. The van der Waals surface area contributed by atoms with E-state index < -0.39 is 6.10 Å². The Kier molecular flexibility index (Phi) is 14.9. The van der Waals surface area contributed by atoms with Crippen LogP contribution < -0.4 is 0 Å². The molecule has 208 valence electrons. The van der Waals surface area contributed by atoms with Gasteiger partial charge in [0.05, 0.1) is 12.7 Å². The highest BCUT2D eigenvalue weighted by Gasteiger charge is 2.29. The minimum Gasteiger partial charge on any atom is -0.388 e. The van der Waals surface area contributed by atoms with Crippen molar-refractivity contribution < 1.29 is 9.84 Å². The zero-order chi connectivity index (χ0) is 27.8. The van der Waals surface area contributed by atoms with E-state index in [0.29, 0.717) is 18.7 Å². The summed E-state index contributed by atoms with van der Waals surface area (Å²) in [6.07, 6.45) is 0.318. The van der Waals surface area contributed by atoms with E-state index in [0.717, 1.165) is 38.2 Å². The van der Waals surface area contributed by atoms with Gasteiger partial charge in [-0.1, -0.05) is 119 Å². The summed E-state index contributed by atoms with van der Waals surface area (Å²) in [6, 6.07) is 31.9. The van der Waals surface area contributed by atoms with Crippen LogP contribution in [0.5, 0.6) is 0 Å². The van der Waals surface area contributed by atoms with Crippen molar-refractivity contribution in [2.75, 3.05) is 32.8 Å². The van der Waals surface area contributed by atoms with Crippen LogP contribution >= 0.6 is 0 Å². The topological polar surface area (TPSA) is 35.9 Å². The lowest BCUT2D eigenvalue weighted by atomic mass is 10.0. The van der Waals surface area contributed by atoms with Crippen LogP contribution in [-0.2, 0) is 4.74 Å². The molecule has 0 saturated carbocycles. The monoisotopic (exact) mass is 518 g/mol. The summed E-state index contributed by atoms with van der Waals surface area (Å²) >= 11 is 0. The third-order valence-corrected chi connectivity index (χ3v) is 6.99. The van der Waals surface area contributed by atoms with Crippen LogP contribution in [0.4, 0.5) is 0 Å². The molecule has 0 spiro atoms. The predicted octanol–water partition coefficient (Wildman–Crippen LogP) is 7.36. The number of benzene rings is 3. The van der Waals surface area contributed by atoms with Crippen molar-refractivity contribution in [2.45, 2.75) is 72.3 Å². The molecule has 3 aromatic rings. The molecule has 1 saturated heterocycles. The third kappa shape index (κ3) is 9.67. The molecule has 1 aliphatic heterocycles. The van der Waals surface area contributed by atoms with E-state index in [9.17, 15) is 5.11 Å². The smallest absolute Gasteiger partial charge is 0.108 e. The Morgan fingerprint density at radius 1 is 0.658 bits per heavy atom. The van der Waals surface area contributed by atoms with Gasteiger partial charge in [0.1, 0.15) is 6.10 Å². The number of rotatable bonds is 10. The predicted molar refractivity (Wildman–Crippen MR) is 161 cm³/mol. The third-order valence-electron chi connectivity index (χ3n) is 6.99. The van der Waals surface area contributed by atoms with Crippen molar-refractivity contribution in [3.8, 4) is 0 Å². The van der Waals surface area contributed by atoms with Gasteiger partial charge < -0.3 is 9.84 Å². The highest BCUT2D eigenvalue weighted by atomic mass is 16.5. The highest BCUT2D eigenvalue weighted by molar-refractivity contribution is 5.29. The van der Waals surface area contributed by atoms with Crippen LogP contribution in [0.3, 0.4) is 0 Å². The first-order chi connectivity index (χ1) is 18.6. The molecule has 1 N–H and O–H groups in total. The number of aliphatic hydroxyl groups is 1. The second-order valence-electron chi connectivity index (χ2n) is 9.48. The average molecular weight is 519 g/mol. The zero-order valence-electron chi connectivity index (χ0n) is 24.5. The molecule has 4 nitrogen and oxygen atoms in total. The number of piperazine rings is 1. The van der Waals surface area contributed by atoms with Crippen molar-refractivity contribution in [3.63, 3.8) is 0 Å². The van der Waals surface area contributed by atoms with Crippen LogP contribution in [0.25, 0.3) is 0 Å².